The largest absolute Gasteiger partial charge is 0.325 e. The summed E-state index contributed by atoms with van der Waals surface area (Å²) in [7, 11) is 0. The number of alkyl halides is 1. The van der Waals surface area contributed by atoms with Gasteiger partial charge in [-0.05, 0) is 25.0 Å². The third-order valence-corrected chi connectivity index (χ3v) is 2.91. The summed E-state index contributed by atoms with van der Waals surface area (Å²) in [6.45, 7) is 4.05. The molecular weight excluding hydrogens is 222 g/mol. The second kappa shape index (κ2) is 6.54. The Morgan fingerprint density at radius 1 is 1.44 bits per heavy atom. The number of carbonyl (C=O) groups excluding carboxylic acids is 1. The van der Waals surface area contributed by atoms with Gasteiger partial charge in [-0.2, -0.15) is 0 Å². The number of aryl methyl sites for hydroxylation is 1. The van der Waals surface area contributed by atoms with E-state index in [4.69, 9.17) is 11.6 Å². The van der Waals surface area contributed by atoms with E-state index >= 15 is 0 Å². The molecule has 1 unspecified atom stereocenters. The molecule has 1 N–H and O–H groups in total. The molecule has 0 saturated heterocycles. The van der Waals surface area contributed by atoms with E-state index in [-0.39, 0.29) is 5.91 Å². The quantitative estimate of drug-likeness (QED) is 0.780. The minimum Gasteiger partial charge on any atom is -0.325 e. The number of benzene rings is 1. The zero-order valence-electron chi connectivity index (χ0n) is 9.79. The van der Waals surface area contributed by atoms with E-state index in [2.05, 4.69) is 12.2 Å². The first-order chi connectivity index (χ1) is 7.65. The summed E-state index contributed by atoms with van der Waals surface area (Å²) < 4.78 is 0. The van der Waals surface area contributed by atoms with E-state index < -0.39 is 5.38 Å². The fourth-order valence-corrected chi connectivity index (χ4v) is 1.65. The predicted octanol–water partition coefficient (Wildman–Crippen LogP) is 3.73. The molecule has 1 aromatic carbocycles. The third kappa shape index (κ3) is 3.86. The monoisotopic (exact) mass is 239 g/mol. The molecule has 3 heteroatoms. The van der Waals surface area contributed by atoms with E-state index in [1.165, 1.54) is 0 Å². The first kappa shape index (κ1) is 13.0. The van der Waals surface area contributed by atoms with Crippen molar-refractivity contribution in [2.75, 3.05) is 5.32 Å². The number of nitrogens with one attached hydrogen (secondary N) is 1. The molecule has 0 saturated carbocycles. The molecule has 0 radical (unpaired) electrons. The fourth-order valence-electron chi connectivity index (χ4n) is 1.44. The average Bonchev–Trinajstić information content (AvgIpc) is 2.28. The molecule has 1 aromatic rings. The maximum absolute atomic E-state index is 11.7. The number of halogens is 1. The van der Waals surface area contributed by atoms with Crippen molar-refractivity contribution in [2.45, 2.75) is 38.5 Å². The zero-order valence-corrected chi connectivity index (χ0v) is 10.6. The first-order valence-corrected chi connectivity index (χ1v) is 6.09. The van der Waals surface area contributed by atoms with Gasteiger partial charge in [-0.1, -0.05) is 38.0 Å². The van der Waals surface area contributed by atoms with Gasteiger partial charge < -0.3 is 5.32 Å². The van der Waals surface area contributed by atoms with Crippen molar-refractivity contribution in [1.82, 2.24) is 0 Å². The van der Waals surface area contributed by atoms with E-state index in [1.54, 1.807) is 0 Å². The lowest BCUT2D eigenvalue weighted by molar-refractivity contribution is -0.116. The van der Waals surface area contributed by atoms with Crippen LogP contribution in [-0.4, -0.2) is 11.3 Å². The lowest BCUT2D eigenvalue weighted by Gasteiger charge is -2.11. The molecule has 0 aromatic heterocycles. The van der Waals surface area contributed by atoms with Crippen LogP contribution in [0.1, 0.15) is 31.7 Å². The second-order valence-electron chi connectivity index (χ2n) is 3.91. The Morgan fingerprint density at radius 2 is 2.12 bits per heavy atom. The SMILES string of the molecule is CCCCC(Cl)C(=O)Nc1ccccc1C. The summed E-state index contributed by atoms with van der Waals surface area (Å²) in [6, 6.07) is 7.69. The van der Waals surface area contributed by atoms with Gasteiger partial charge >= 0.3 is 0 Å². The van der Waals surface area contributed by atoms with Crippen LogP contribution in [0.15, 0.2) is 24.3 Å². The minimum absolute atomic E-state index is 0.107. The highest BCUT2D eigenvalue weighted by Crippen LogP contribution is 2.16. The highest BCUT2D eigenvalue weighted by Gasteiger charge is 2.14. The van der Waals surface area contributed by atoms with Crippen LogP contribution in [0.3, 0.4) is 0 Å². The summed E-state index contributed by atoms with van der Waals surface area (Å²) in [5.74, 6) is -0.107. The zero-order chi connectivity index (χ0) is 12.0. The molecule has 1 atom stereocenters. The van der Waals surface area contributed by atoms with Gasteiger partial charge in [-0.3, -0.25) is 4.79 Å². The number of anilines is 1. The van der Waals surface area contributed by atoms with Gasteiger partial charge in [0.25, 0.3) is 0 Å². The Hall–Kier alpha value is -1.02. The molecule has 0 aliphatic rings. The van der Waals surface area contributed by atoms with Gasteiger partial charge in [0.05, 0.1) is 0 Å². The number of para-hydroxylation sites is 1. The summed E-state index contributed by atoms with van der Waals surface area (Å²) in [4.78, 5) is 11.7. The lowest BCUT2D eigenvalue weighted by atomic mass is 10.1. The van der Waals surface area contributed by atoms with Crippen LogP contribution in [0.25, 0.3) is 0 Å². The molecule has 0 aliphatic heterocycles. The van der Waals surface area contributed by atoms with Crippen molar-refractivity contribution < 1.29 is 4.79 Å². The van der Waals surface area contributed by atoms with Crippen molar-refractivity contribution in [3.05, 3.63) is 29.8 Å². The van der Waals surface area contributed by atoms with Crippen LogP contribution in [0, 0.1) is 6.92 Å². The summed E-state index contributed by atoms with van der Waals surface area (Å²) in [5, 5.41) is 2.42. The van der Waals surface area contributed by atoms with Crippen LogP contribution >= 0.6 is 11.6 Å². The molecule has 2 nitrogen and oxygen atoms in total. The molecule has 16 heavy (non-hydrogen) atoms. The molecule has 0 aliphatic carbocycles. The smallest absolute Gasteiger partial charge is 0.242 e. The van der Waals surface area contributed by atoms with Gasteiger partial charge in [-0.25, -0.2) is 0 Å². The highest BCUT2D eigenvalue weighted by molar-refractivity contribution is 6.32. The Bertz CT molecular complexity index is 352. The van der Waals surface area contributed by atoms with Gasteiger partial charge in [0.15, 0.2) is 0 Å². The number of hydrogen-bond donors (Lipinski definition) is 1. The van der Waals surface area contributed by atoms with Gasteiger partial charge in [-0.15, -0.1) is 11.6 Å². The maximum Gasteiger partial charge on any atom is 0.242 e. The normalized spacial score (nSPS) is 12.2. The van der Waals surface area contributed by atoms with Crippen LogP contribution in [0.4, 0.5) is 5.69 Å². The van der Waals surface area contributed by atoms with Crippen LogP contribution in [0.5, 0.6) is 0 Å². The van der Waals surface area contributed by atoms with Gasteiger partial charge in [0, 0.05) is 5.69 Å². The molecule has 0 bridgehead atoms. The minimum atomic E-state index is -0.431. The lowest BCUT2D eigenvalue weighted by Crippen LogP contribution is -2.23. The van der Waals surface area contributed by atoms with Crippen LogP contribution in [0.2, 0.25) is 0 Å². The summed E-state index contributed by atoms with van der Waals surface area (Å²) >= 11 is 6.00. The molecule has 0 heterocycles. The van der Waals surface area contributed by atoms with Crippen LogP contribution in [-0.2, 0) is 4.79 Å². The van der Waals surface area contributed by atoms with Crippen molar-refractivity contribution >= 4 is 23.2 Å². The summed E-state index contributed by atoms with van der Waals surface area (Å²) in [6.07, 6.45) is 2.77. The number of amides is 1. The third-order valence-electron chi connectivity index (χ3n) is 2.50. The van der Waals surface area contributed by atoms with E-state index in [0.29, 0.717) is 0 Å². The Kier molecular flexibility index (Phi) is 5.33. The van der Waals surface area contributed by atoms with E-state index in [1.807, 2.05) is 31.2 Å². The predicted molar refractivity (Wildman–Crippen MR) is 69.0 cm³/mol. The second-order valence-corrected chi connectivity index (χ2v) is 4.44. The molecule has 88 valence electrons. The fraction of sp³-hybridized carbons (Fsp3) is 0.462. The van der Waals surface area contributed by atoms with Gasteiger partial charge in [0.2, 0.25) is 5.91 Å². The maximum atomic E-state index is 11.7. The Balaban J connectivity index is 2.54. The van der Waals surface area contributed by atoms with Crippen molar-refractivity contribution in [3.8, 4) is 0 Å². The summed E-state index contributed by atoms with van der Waals surface area (Å²) in [5.41, 5.74) is 1.89. The molecule has 1 amide bonds. The van der Waals surface area contributed by atoms with E-state index in [0.717, 1.165) is 30.5 Å². The number of rotatable bonds is 5. The Morgan fingerprint density at radius 3 is 2.75 bits per heavy atom. The molecule has 0 spiro atoms. The molecule has 1 rings (SSSR count). The van der Waals surface area contributed by atoms with E-state index in [9.17, 15) is 4.79 Å². The Labute approximate surface area is 102 Å². The van der Waals surface area contributed by atoms with Crippen LogP contribution < -0.4 is 5.32 Å². The standard InChI is InChI=1S/C13H18ClNO/c1-3-4-8-11(14)13(16)15-12-9-6-5-7-10(12)2/h5-7,9,11H,3-4,8H2,1-2H3,(H,15,16). The number of carbonyl (C=O) groups is 1. The highest BCUT2D eigenvalue weighted by atomic mass is 35.5. The van der Waals surface area contributed by atoms with Crippen molar-refractivity contribution in [2.24, 2.45) is 0 Å². The molecule has 0 fully saturated rings. The molecular formula is C13H18ClNO. The number of hydrogen-bond acceptors (Lipinski definition) is 1. The topological polar surface area (TPSA) is 29.1 Å². The van der Waals surface area contributed by atoms with Crippen molar-refractivity contribution in [3.63, 3.8) is 0 Å². The average molecular weight is 240 g/mol. The number of unbranched alkanes of at least 4 members (excludes halogenated alkanes) is 1. The van der Waals surface area contributed by atoms with Crippen molar-refractivity contribution in [1.29, 1.82) is 0 Å². The van der Waals surface area contributed by atoms with Gasteiger partial charge in [0.1, 0.15) is 5.38 Å². The first-order valence-electron chi connectivity index (χ1n) is 5.65.